The molecule has 15 heavy (non-hydrogen) atoms. The number of rotatable bonds is 7. The molecule has 0 radical (unpaired) electrons. The fourth-order valence-corrected chi connectivity index (χ4v) is 1.99. The van der Waals surface area contributed by atoms with E-state index in [1.165, 1.54) is 12.8 Å². The third-order valence-corrected chi connectivity index (χ3v) is 3.38. The second-order valence-corrected chi connectivity index (χ2v) is 4.24. The van der Waals surface area contributed by atoms with Crippen LogP contribution in [0.4, 0.5) is 0 Å². The molecular weight excluding hydrogens is 186 g/mol. The molecule has 1 aromatic heterocycles. The van der Waals surface area contributed by atoms with Gasteiger partial charge in [-0.3, -0.25) is 0 Å². The van der Waals surface area contributed by atoms with Crippen LogP contribution in [0.15, 0.2) is 22.8 Å². The predicted molar refractivity (Wildman–Crippen MR) is 64.0 cm³/mol. The van der Waals surface area contributed by atoms with Crippen molar-refractivity contribution in [1.29, 1.82) is 0 Å². The van der Waals surface area contributed by atoms with Gasteiger partial charge in [-0.05, 0) is 36.9 Å². The summed E-state index contributed by atoms with van der Waals surface area (Å²) in [4.78, 5) is 0. The molecule has 0 unspecified atom stereocenters. The monoisotopic (exact) mass is 209 g/mol. The average Bonchev–Trinajstić information content (AvgIpc) is 2.77. The highest BCUT2D eigenvalue weighted by Crippen LogP contribution is 2.30. The van der Waals surface area contributed by atoms with Gasteiger partial charge in [-0.15, -0.1) is 0 Å². The van der Waals surface area contributed by atoms with E-state index in [1.807, 2.05) is 6.07 Å². The molecule has 0 fully saturated rings. The molecule has 0 saturated carbocycles. The van der Waals surface area contributed by atoms with E-state index >= 15 is 0 Å². The zero-order chi connectivity index (χ0) is 11.1. The molecule has 2 heteroatoms. The first kappa shape index (κ1) is 12.3. The fourth-order valence-electron chi connectivity index (χ4n) is 1.99. The molecule has 1 N–H and O–H groups in total. The highest BCUT2D eigenvalue weighted by Gasteiger charge is 2.26. The van der Waals surface area contributed by atoms with Gasteiger partial charge < -0.3 is 9.73 Å². The maximum Gasteiger partial charge on any atom is 0.104 e. The predicted octanol–water partition coefficient (Wildman–Crippen LogP) is 3.24. The molecule has 86 valence electrons. The van der Waals surface area contributed by atoms with Gasteiger partial charge >= 0.3 is 0 Å². The molecule has 2 nitrogen and oxygen atoms in total. The summed E-state index contributed by atoms with van der Waals surface area (Å²) >= 11 is 0. The summed E-state index contributed by atoms with van der Waals surface area (Å²) in [5, 5.41) is 3.46. The standard InChI is InChI=1S/C13H23NO/c1-4-13(5-2,11-14-6-3)10-12-8-7-9-15-12/h7-9,14H,4-6,10-11H2,1-3H3. The Hall–Kier alpha value is -0.760. The maximum atomic E-state index is 5.44. The van der Waals surface area contributed by atoms with Gasteiger partial charge in [0.25, 0.3) is 0 Å². The normalized spacial score (nSPS) is 11.9. The van der Waals surface area contributed by atoms with Gasteiger partial charge in [-0.2, -0.15) is 0 Å². The molecular formula is C13H23NO. The Morgan fingerprint density at radius 3 is 2.47 bits per heavy atom. The first-order valence-electron chi connectivity index (χ1n) is 5.99. The molecule has 0 aromatic carbocycles. The lowest BCUT2D eigenvalue weighted by atomic mass is 9.78. The largest absolute Gasteiger partial charge is 0.469 e. The van der Waals surface area contributed by atoms with E-state index in [9.17, 15) is 0 Å². The molecule has 0 aliphatic heterocycles. The van der Waals surface area contributed by atoms with Crippen molar-refractivity contribution in [2.75, 3.05) is 13.1 Å². The smallest absolute Gasteiger partial charge is 0.104 e. The van der Waals surface area contributed by atoms with E-state index in [2.05, 4.69) is 32.2 Å². The summed E-state index contributed by atoms with van der Waals surface area (Å²) in [5.41, 5.74) is 0.355. The minimum atomic E-state index is 0.355. The average molecular weight is 209 g/mol. The molecule has 1 aromatic rings. The summed E-state index contributed by atoms with van der Waals surface area (Å²) in [6, 6.07) is 4.05. The molecule has 1 heterocycles. The van der Waals surface area contributed by atoms with Crippen molar-refractivity contribution >= 4 is 0 Å². The van der Waals surface area contributed by atoms with Gasteiger partial charge in [0, 0.05) is 13.0 Å². The molecule has 0 aliphatic carbocycles. The molecule has 0 aliphatic rings. The summed E-state index contributed by atoms with van der Waals surface area (Å²) in [6.07, 6.45) is 5.19. The Kier molecular flexibility index (Phi) is 4.89. The first-order valence-corrected chi connectivity index (χ1v) is 5.99. The van der Waals surface area contributed by atoms with Gasteiger partial charge in [0.15, 0.2) is 0 Å². The van der Waals surface area contributed by atoms with Gasteiger partial charge in [0.05, 0.1) is 6.26 Å². The van der Waals surface area contributed by atoms with Crippen LogP contribution in [0.25, 0.3) is 0 Å². The minimum Gasteiger partial charge on any atom is -0.469 e. The van der Waals surface area contributed by atoms with E-state index in [4.69, 9.17) is 4.42 Å². The molecule has 0 atom stereocenters. The van der Waals surface area contributed by atoms with Gasteiger partial charge in [0.2, 0.25) is 0 Å². The van der Waals surface area contributed by atoms with Crippen LogP contribution in [-0.2, 0) is 6.42 Å². The van der Waals surface area contributed by atoms with Crippen molar-refractivity contribution in [2.24, 2.45) is 5.41 Å². The highest BCUT2D eigenvalue weighted by atomic mass is 16.3. The van der Waals surface area contributed by atoms with Crippen LogP contribution < -0.4 is 5.32 Å². The Morgan fingerprint density at radius 2 is 2.00 bits per heavy atom. The van der Waals surface area contributed by atoms with Crippen LogP contribution in [-0.4, -0.2) is 13.1 Å². The van der Waals surface area contributed by atoms with E-state index in [0.29, 0.717) is 5.41 Å². The molecule has 0 spiro atoms. The van der Waals surface area contributed by atoms with Gasteiger partial charge in [0.1, 0.15) is 5.76 Å². The van der Waals surface area contributed by atoms with E-state index < -0.39 is 0 Å². The lowest BCUT2D eigenvalue weighted by molar-refractivity contribution is 0.232. The highest BCUT2D eigenvalue weighted by molar-refractivity contribution is 5.02. The quantitative estimate of drug-likeness (QED) is 0.745. The Morgan fingerprint density at radius 1 is 1.27 bits per heavy atom. The van der Waals surface area contributed by atoms with E-state index in [1.54, 1.807) is 6.26 Å². The van der Waals surface area contributed by atoms with Crippen molar-refractivity contribution in [3.05, 3.63) is 24.2 Å². The lowest BCUT2D eigenvalue weighted by Gasteiger charge is -2.31. The van der Waals surface area contributed by atoms with Crippen molar-refractivity contribution in [2.45, 2.75) is 40.0 Å². The van der Waals surface area contributed by atoms with Crippen LogP contribution in [0.3, 0.4) is 0 Å². The Balaban J connectivity index is 2.63. The van der Waals surface area contributed by atoms with Crippen LogP contribution in [0.5, 0.6) is 0 Å². The van der Waals surface area contributed by atoms with Crippen molar-refractivity contribution in [1.82, 2.24) is 5.32 Å². The lowest BCUT2D eigenvalue weighted by Crippen LogP contribution is -2.35. The van der Waals surface area contributed by atoms with Crippen molar-refractivity contribution in [3.63, 3.8) is 0 Å². The summed E-state index contributed by atoms with van der Waals surface area (Å²) in [7, 11) is 0. The van der Waals surface area contributed by atoms with Crippen LogP contribution in [0, 0.1) is 5.41 Å². The minimum absolute atomic E-state index is 0.355. The van der Waals surface area contributed by atoms with E-state index in [-0.39, 0.29) is 0 Å². The van der Waals surface area contributed by atoms with Crippen molar-refractivity contribution < 1.29 is 4.42 Å². The SMILES string of the molecule is CCNCC(CC)(CC)Cc1ccco1. The van der Waals surface area contributed by atoms with Crippen molar-refractivity contribution in [3.8, 4) is 0 Å². The summed E-state index contributed by atoms with van der Waals surface area (Å²) in [6.45, 7) is 8.81. The van der Waals surface area contributed by atoms with Gasteiger partial charge in [-0.1, -0.05) is 20.8 Å². The molecule has 0 bridgehead atoms. The number of nitrogens with one attached hydrogen (secondary N) is 1. The number of furan rings is 1. The summed E-state index contributed by atoms with van der Waals surface area (Å²) < 4.78 is 5.44. The van der Waals surface area contributed by atoms with E-state index in [0.717, 1.165) is 25.3 Å². The van der Waals surface area contributed by atoms with Gasteiger partial charge in [-0.25, -0.2) is 0 Å². The zero-order valence-corrected chi connectivity index (χ0v) is 10.2. The van der Waals surface area contributed by atoms with Crippen LogP contribution in [0.2, 0.25) is 0 Å². The fraction of sp³-hybridized carbons (Fsp3) is 0.692. The Bertz CT molecular complexity index is 250. The second kappa shape index (κ2) is 5.96. The molecule has 1 rings (SSSR count). The maximum absolute atomic E-state index is 5.44. The zero-order valence-electron chi connectivity index (χ0n) is 10.2. The molecule has 0 saturated heterocycles. The van der Waals surface area contributed by atoms with Crippen LogP contribution >= 0.6 is 0 Å². The second-order valence-electron chi connectivity index (χ2n) is 4.24. The molecule has 0 amide bonds. The first-order chi connectivity index (χ1) is 7.26. The summed E-state index contributed by atoms with van der Waals surface area (Å²) in [5.74, 6) is 1.11. The third-order valence-electron chi connectivity index (χ3n) is 3.38. The number of hydrogen-bond acceptors (Lipinski definition) is 2. The van der Waals surface area contributed by atoms with Crippen LogP contribution in [0.1, 0.15) is 39.4 Å². The number of hydrogen-bond donors (Lipinski definition) is 1. The third kappa shape index (κ3) is 3.38. The topological polar surface area (TPSA) is 25.2 Å². The Labute approximate surface area is 93.1 Å².